The SMILES string of the molecule is CCCOc1cccc(C2C(=C(O)c3ccc4c(c3)OCCO4)C(=O)C(=O)N2c2nnc(SCc3ccc(Cl)cc3)s2)c1. The second-order valence-corrected chi connectivity index (χ2v) is 12.3. The van der Waals surface area contributed by atoms with Crippen LogP contribution in [0.15, 0.2) is 76.6 Å². The summed E-state index contributed by atoms with van der Waals surface area (Å²) in [6.07, 6.45) is 0.814. The average Bonchev–Trinajstić information content (AvgIpc) is 3.61. The second kappa shape index (κ2) is 12.7. The minimum absolute atomic E-state index is 0.0695. The molecule has 220 valence electrons. The molecule has 2 aliphatic rings. The lowest BCUT2D eigenvalue weighted by atomic mass is 9.95. The van der Waals surface area contributed by atoms with Crippen molar-refractivity contribution in [1.29, 1.82) is 0 Å². The third-order valence-electron chi connectivity index (χ3n) is 6.78. The van der Waals surface area contributed by atoms with E-state index in [1.807, 2.05) is 37.3 Å². The summed E-state index contributed by atoms with van der Waals surface area (Å²) >= 11 is 8.66. The number of Topliss-reactive ketones (excluding diaryl/α,β-unsaturated/α-hetero) is 1. The van der Waals surface area contributed by atoms with Crippen molar-refractivity contribution >= 4 is 57.3 Å². The molecule has 1 fully saturated rings. The van der Waals surface area contributed by atoms with Crippen LogP contribution in [0.5, 0.6) is 17.2 Å². The molecule has 1 aromatic heterocycles. The molecule has 3 heterocycles. The van der Waals surface area contributed by atoms with Gasteiger partial charge in [-0.2, -0.15) is 0 Å². The number of fused-ring (bicyclic) bond motifs is 1. The molecule has 1 amide bonds. The number of carbonyl (C=O) groups excluding carboxylic acids is 2. The van der Waals surface area contributed by atoms with Gasteiger partial charge in [-0.25, -0.2) is 0 Å². The molecule has 0 bridgehead atoms. The third kappa shape index (κ3) is 6.06. The van der Waals surface area contributed by atoms with Gasteiger partial charge in [0.1, 0.15) is 24.7 Å². The van der Waals surface area contributed by atoms with Crippen molar-refractivity contribution in [2.45, 2.75) is 29.5 Å². The molecular weight excluding hydrogens is 610 g/mol. The predicted octanol–water partition coefficient (Wildman–Crippen LogP) is 6.67. The van der Waals surface area contributed by atoms with Crippen molar-refractivity contribution in [3.05, 3.63) is 94.0 Å². The van der Waals surface area contributed by atoms with Crippen molar-refractivity contribution in [2.75, 3.05) is 24.7 Å². The molecule has 0 aliphatic carbocycles. The molecule has 43 heavy (non-hydrogen) atoms. The van der Waals surface area contributed by atoms with Crippen molar-refractivity contribution in [2.24, 2.45) is 0 Å². The highest BCUT2D eigenvalue weighted by Gasteiger charge is 2.48. The summed E-state index contributed by atoms with van der Waals surface area (Å²) in [6.45, 7) is 3.29. The van der Waals surface area contributed by atoms with Gasteiger partial charge in [0.05, 0.1) is 18.2 Å². The number of benzene rings is 3. The molecule has 1 N–H and O–H groups in total. The summed E-state index contributed by atoms with van der Waals surface area (Å²) in [7, 11) is 0. The zero-order valence-electron chi connectivity index (χ0n) is 23.0. The average molecular weight is 636 g/mol. The number of thioether (sulfide) groups is 1. The van der Waals surface area contributed by atoms with Crippen LogP contribution in [0.2, 0.25) is 5.02 Å². The fraction of sp³-hybridized carbons (Fsp3) is 0.226. The van der Waals surface area contributed by atoms with E-state index in [2.05, 4.69) is 10.2 Å². The maximum Gasteiger partial charge on any atom is 0.301 e. The highest BCUT2D eigenvalue weighted by Crippen LogP contribution is 2.45. The number of hydrogen-bond acceptors (Lipinski definition) is 10. The van der Waals surface area contributed by atoms with Gasteiger partial charge in [-0.05, 0) is 60.0 Å². The first kappa shape index (κ1) is 29.0. The van der Waals surface area contributed by atoms with Crippen molar-refractivity contribution in [3.63, 3.8) is 0 Å². The predicted molar refractivity (Wildman–Crippen MR) is 165 cm³/mol. The van der Waals surface area contributed by atoms with Gasteiger partial charge in [-0.15, -0.1) is 10.2 Å². The zero-order valence-corrected chi connectivity index (χ0v) is 25.4. The van der Waals surface area contributed by atoms with E-state index in [1.165, 1.54) is 28.0 Å². The van der Waals surface area contributed by atoms with Gasteiger partial charge in [0.15, 0.2) is 15.8 Å². The van der Waals surface area contributed by atoms with E-state index in [9.17, 15) is 14.7 Å². The highest BCUT2D eigenvalue weighted by molar-refractivity contribution is 8.00. The lowest BCUT2D eigenvalue weighted by Gasteiger charge is -2.23. The topological polar surface area (TPSA) is 111 Å². The molecule has 9 nitrogen and oxygen atoms in total. The molecule has 12 heteroatoms. The number of ketones is 1. The number of aliphatic hydroxyl groups is 1. The summed E-state index contributed by atoms with van der Waals surface area (Å²) in [4.78, 5) is 28.5. The van der Waals surface area contributed by atoms with E-state index < -0.39 is 17.7 Å². The van der Waals surface area contributed by atoms with Gasteiger partial charge in [-0.3, -0.25) is 14.5 Å². The molecule has 2 aliphatic heterocycles. The maximum atomic E-state index is 13.6. The minimum Gasteiger partial charge on any atom is -0.507 e. The van der Waals surface area contributed by atoms with Crippen LogP contribution in [0.3, 0.4) is 0 Å². The van der Waals surface area contributed by atoms with Gasteiger partial charge >= 0.3 is 5.91 Å². The van der Waals surface area contributed by atoms with Crippen LogP contribution in [0.1, 0.15) is 36.1 Å². The van der Waals surface area contributed by atoms with Crippen LogP contribution in [0.4, 0.5) is 5.13 Å². The number of nitrogens with zero attached hydrogens (tertiary/aromatic N) is 3. The Hall–Kier alpha value is -4.06. The van der Waals surface area contributed by atoms with Gasteiger partial charge in [0, 0.05) is 16.3 Å². The lowest BCUT2D eigenvalue weighted by molar-refractivity contribution is -0.132. The minimum atomic E-state index is -0.972. The summed E-state index contributed by atoms with van der Waals surface area (Å²) in [5.74, 6) is 0.220. The Kier molecular flexibility index (Phi) is 8.55. The van der Waals surface area contributed by atoms with Crippen molar-refractivity contribution < 1.29 is 28.9 Å². The van der Waals surface area contributed by atoms with E-state index in [0.717, 1.165) is 12.0 Å². The summed E-state index contributed by atoms with van der Waals surface area (Å²) in [5, 5.41) is 21.0. The number of halogens is 1. The van der Waals surface area contributed by atoms with Crippen LogP contribution in [0.25, 0.3) is 5.76 Å². The van der Waals surface area contributed by atoms with E-state index in [1.54, 1.807) is 36.4 Å². The molecule has 0 radical (unpaired) electrons. The molecule has 0 saturated carbocycles. The zero-order chi connectivity index (χ0) is 29.9. The van der Waals surface area contributed by atoms with Gasteiger partial charge in [0.2, 0.25) is 5.13 Å². The van der Waals surface area contributed by atoms with Crippen LogP contribution in [-0.4, -0.2) is 46.8 Å². The fourth-order valence-corrected chi connectivity index (χ4v) is 6.72. The van der Waals surface area contributed by atoms with Gasteiger partial charge in [0.25, 0.3) is 5.78 Å². The number of anilines is 1. The highest BCUT2D eigenvalue weighted by atomic mass is 35.5. The smallest absolute Gasteiger partial charge is 0.301 e. The standard InChI is InChI=1S/C31H26ClN3O6S2/c1-2-12-39-22-5-3-4-19(15-22)26-25(27(36)20-8-11-23-24(16-20)41-14-13-40-23)28(37)29(38)35(26)30-33-34-31(43-30)42-17-18-6-9-21(32)10-7-18/h3-11,15-16,26,36H,2,12-14,17H2,1H3. The Bertz CT molecular complexity index is 1710. The summed E-state index contributed by atoms with van der Waals surface area (Å²) in [6, 6.07) is 18.6. The van der Waals surface area contributed by atoms with Crippen LogP contribution in [-0.2, 0) is 15.3 Å². The van der Waals surface area contributed by atoms with Crippen LogP contribution >= 0.6 is 34.7 Å². The number of rotatable bonds is 9. The number of hydrogen-bond donors (Lipinski definition) is 1. The van der Waals surface area contributed by atoms with E-state index >= 15 is 0 Å². The number of amides is 1. The Morgan fingerprint density at radius 3 is 2.65 bits per heavy atom. The first-order valence-electron chi connectivity index (χ1n) is 13.6. The Morgan fingerprint density at radius 2 is 1.86 bits per heavy atom. The van der Waals surface area contributed by atoms with E-state index in [4.69, 9.17) is 25.8 Å². The van der Waals surface area contributed by atoms with Gasteiger partial charge < -0.3 is 19.3 Å². The second-order valence-electron chi connectivity index (χ2n) is 9.71. The molecule has 1 unspecified atom stereocenters. The van der Waals surface area contributed by atoms with Crippen LogP contribution in [0, 0.1) is 0 Å². The maximum absolute atomic E-state index is 13.6. The van der Waals surface area contributed by atoms with Gasteiger partial charge in [-0.1, -0.05) is 65.9 Å². The molecule has 4 aromatic rings. The van der Waals surface area contributed by atoms with Crippen LogP contribution < -0.4 is 19.1 Å². The number of ether oxygens (including phenoxy) is 3. The van der Waals surface area contributed by atoms with E-state index in [-0.39, 0.29) is 16.5 Å². The Morgan fingerprint density at radius 1 is 1.07 bits per heavy atom. The number of carbonyl (C=O) groups is 2. The first-order valence-corrected chi connectivity index (χ1v) is 15.8. The monoisotopic (exact) mass is 635 g/mol. The number of aromatic nitrogens is 2. The largest absolute Gasteiger partial charge is 0.507 e. The summed E-state index contributed by atoms with van der Waals surface area (Å²) in [5.41, 5.74) is 1.88. The Labute approximate surface area is 261 Å². The molecular formula is C31H26ClN3O6S2. The fourth-order valence-electron chi connectivity index (χ4n) is 4.77. The molecule has 1 atom stereocenters. The Balaban J connectivity index is 1.39. The summed E-state index contributed by atoms with van der Waals surface area (Å²) < 4.78 is 17.7. The van der Waals surface area contributed by atoms with E-state index in [0.29, 0.717) is 63.3 Å². The third-order valence-corrected chi connectivity index (χ3v) is 9.16. The lowest BCUT2D eigenvalue weighted by Crippen LogP contribution is -2.29. The molecule has 0 spiro atoms. The quantitative estimate of drug-likeness (QED) is 0.0708. The van der Waals surface area contributed by atoms with Crippen molar-refractivity contribution in [1.82, 2.24) is 10.2 Å². The van der Waals surface area contributed by atoms with Crippen molar-refractivity contribution in [3.8, 4) is 17.2 Å². The number of aliphatic hydroxyl groups excluding tert-OH is 1. The molecule has 1 saturated heterocycles. The normalized spacial score (nSPS) is 17.3. The first-order chi connectivity index (χ1) is 20.9. The molecule has 6 rings (SSSR count). The molecule has 3 aromatic carbocycles.